The molecule has 0 aromatic heterocycles. The van der Waals surface area contributed by atoms with E-state index in [1.54, 1.807) is 13.8 Å². The molecule has 0 unspecified atom stereocenters. The second kappa shape index (κ2) is 5.43. The van der Waals surface area contributed by atoms with Gasteiger partial charge in [0.05, 0.1) is 0 Å². The van der Waals surface area contributed by atoms with Crippen LogP contribution in [0.5, 0.6) is 0 Å². The Bertz CT molecular complexity index is 309. The molecule has 7 heteroatoms. The Labute approximate surface area is 89.4 Å². The number of carboxylic acids is 1. The Balaban J connectivity index is 4.20. The minimum absolute atomic E-state index is 0.0341. The van der Waals surface area contributed by atoms with Crippen molar-refractivity contribution >= 4 is 16.0 Å². The summed E-state index contributed by atoms with van der Waals surface area (Å²) in [5.41, 5.74) is -0.389. The van der Waals surface area contributed by atoms with E-state index in [-0.39, 0.29) is 18.6 Å². The van der Waals surface area contributed by atoms with Crippen molar-refractivity contribution in [2.24, 2.45) is 5.41 Å². The fraction of sp³-hybridized carbons (Fsp3) is 0.875. The van der Waals surface area contributed by atoms with Crippen molar-refractivity contribution in [2.45, 2.75) is 20.3 Å². The van der Waals surface area contributed by atoms with Crippen LogP contribution in [0.2, 0.25) is 0 Å². The number of aliphatic hydroxyl groups excluding tert-OH is 1. The normalized spacial score (nSPS) is 12.7. The molecular weight excluding hydrogens is 222 g/mol. The lowest BCUT2D eigenvalue weighted by Gasteiger charge is -2.23. The molecule has 0 spiro atoms. The summed E-state index contributed by atoms with van der Waals surface area (Å²) < 4.78 is 24.5. The predicted octanol–water partition coefficient (Wildman–Crippen LogP) is -0.601. The maximum atomic E-state index is 11.1. The summed E-state index contributed by atoms with van der Waals surface area (Å²) in [5.74, 6) is -2.31. The molecular formula is C8H17NO5S. The number of sulfonamides is 1. The molecule has 90 valence electrons. The van der Waals surface area contributed by atoms with Gasteiger partial charge in [-0.1, -0.05) is 13.8 Å². The third-order valence-corrected chi connectivity index (χ3v) is 3.08. The molecule has 0 atom stereocenters. The van der Waals surface area contributed by atoms with Crippen LogP contribution in [0, 0.1) is 5.41 Å². The van der Waals surface area contributed by atoms with Gasteiger partial charge in [-0.05, 0) is 11.8 Å². The molecule has 0 fully saturated rings. The number of carbonyl (C=O) groups is 1. The van der Waals surface area contributed by atoms with Crippen molar-refractivity contribution in [1.29, 1.82) is 0 Å². The maximum Gasteiger partial charge on any atom is 0.320 e. The van der Waals surface area contributed by atoms with E-state index in [1.807, 2.05) is 0 Å². The number of rotatable bonds is 7. The largest absolute Gasteiger partial charge is 0.480 e. The van der Waals surface area contributed by atoms with Crippen LogP contribution < -0.4 is 4.72 Å². The smallest absolute Gasteiger partial charge is 0.320 e. The van der Waals surface area contributed by atoms with E-state index < -0.39 is 21.7 Å². The van der Waals surface area contributed by atoms with Crippen LogP contribution in [0.15, 0.2) is 0 Å². The molecule has 0 aliphatic rings. The lowest BCUT2D eigenvalue weighted by Crippen LogP contribution is -2.37. The molecule has 0 aliphatic carbocycles. The molecule has 0 radical (unpaired) electrons. The van der Waals surface area contributed by atoms with Crippen molar-refractivity contribution in [1.82, 2.24) is 4.72 Å². The van der Waals surface area contributed by atoms with Crippen molar-refractivity contribution in [3.05, 3.63) is 0 Å². The monoisotopic (exact) mass is 239 g/mol. The van der Waals surface area contributed by atoms with Gasteiger partial charge in [0, 0.05) is 13.2 Å². The Hall–Kier alpha value is -0.660. The fourth-order valence-corrected chi connectivity index (χ4v) is 1.95. The molecule has 0 amide bonds. The minimum atomic E-state index is -3.76. The number of hydrogen-bond donors (Lipinski definition) is 3. The first-order valence-corrected chi connectivity index (χ1v) is 6.14. The average molecular weight is 239 g/mol. The minimum Gasteiger partial charge on any atom is -0.480 e. The molecule has 0 saturated carbocycles. The SMILES string of the molecule is CC(C)(CCO)CNS(=O)(=O)CC(=O)O. The second-order valence-corrected chi connectivity index (χ2v) is 5.92. The molecule has 0 heterocycles. The van der Waals surface area contributed by atoms with E-state index in [4.69, 9.17) is 10.2 Å². The fourth-order valence-electron chi connectivity index (χ4n) is 0.910. The Morgan fingerprint density at radius 2 is 1.93 bits per heavy atom. The quantitative estimate of drug-likeness (QED) is 0.550. The Kier molecular flexibility index (Phi) is 5.19. The van der Waals surface area contributed by atoms with E-state index in [2.05, 4.69) is 4.72 Å². The second-order valence-electron chi connectivity index (χ2n) is 4.11. The van der Waals surface area contributed by atoms with Crippen LogP contribution in [0.3, 0.4) is 0 Å². The van der Waals surface area contributed by atoms with E-state index in [9.17, 15) is 13.2 Å². The zero-order valence-corrected chi connectivity index (χ0v) is 9.67. The van der Waals surface area contributed by atoms with Gasteiger partial charge in [-0.15, -0.1) is 0 Å². The molecule has 6 nitrogen and oxygen atoms in total. The summed E-state index contributed by atoms with van der Waals surface area (Å²) in [6, 6.07) is 0. The van der Waals surface area contributed by atoms with Crippen LogP contribution in [0.1, 0.15) is 20.3 Å². The number of hydrogen-bond acceptors (Lipinski definition) is 4. The number of aliphatic carboxylic acids is 1. The molecule has 0 saturated heterocycles. The summed E-state index contributed by atoms with van der Waals surface area (Å²) in [7, 11) is -3.76. The van der Waals surface area contributed by atoms with Crippen molar-refractivity contribution < 1.29 is 23.4 Å². The van der Waals surface area contributed by atoms with Crippen molar-refractivity contribution in [3.8, 4) is 0 Å². The molecule has 0 aliphatic heterocycles. The summed E-state index contributed by atoms with van der Waals surface area (Å²) in [6.45, 7) is 3.65. The average Bonchev–Trinajstić information content (AvgIpc) is 1.99. The predicted molar refractivity (Wildman–Crippen MR) is 54.9 cm³/mol. The standard InChI is InChI=1S/C8H17NO5S/c1-8(2,3-4-10)6-9-15(13,14)5-7(11)12/h9-10H,3-6H2,1-2H3,(H,11,12). The summed E-state index contributed by atoms with van der Waals surface area (Å²) in [6.07, 6.45) is 0.447. The van der Waals surface area contributed by atoms with Gasteiger partial charge >= 0.3 is 5.97 Å². The van der Waals surface area contributed by atoms with Crippen molar-refractivity contribution in [3.63, 3.8) is 0 Å². The van der Waals surface area contributed by atoms with Gasteiger partial charge in [0.25, 0.3) is 0 Å². The first kappa shape index (κ1) is 14.3. The van der Waals surface area contributed by atoms with Crippen LogP contribution >= 0.6 is 0 Å². The van der Waals surface area contributed by atoms with E-state index >= 15 is 0 Å². The van der Waals surface area contributed by atoms with Crippen LogP contribution in [-0.4, -0.2) is 43.5 Å². The van der Waals surface area contributed by atoms with Crippen LogP contribution in [0.4, 0.5) is 0 Å². The summed E-state index contributed by atoms with van der Waals surface area (Å²) in [5, 5.41) is 17.0. The molecule has 0 aromatic carbocycles. The van der Waals surface area contributed by atoms with Gasteiger partial charge in [0.15, 0.2) is 5.75 Å². The molecule has 0 aromatic rings. The molecule has 3 N–H and O–H groups in total. The molecule has 15 heavy (non-hydrogen) atoms. The highest BCUT2D eigenvalue weighted by Gasteiger charge is 2.22. The highest BCUT2D eigenvalue weighted by molar-refractivity contribution is 7.90. The Morgan fingerprint density at radius 3 is 2.33 bits per heavy atom. The lowest BCUT2D eigenvalue weighted by atomic mass is 9.90. The third kappa shape index (κ3) is 7.29. The first-order valence-electron chi connectivity index (χ1n) is 4.48. The van der Waals surface area contributed by atoms with Gasteiger partial charge < -0.3 is 10.2 Å². The summed E-state index contributed by atoms with van der Waals surface area (Å²) >= 11 is 0. The highest BCUT2D eigenvalue weighted by atomic mass is 32.2. The maximum absolute atomic E-state index is 11.1. The van der Waals surface area contributed by atoms with Gasteiger partial charge in [-0.2, -0.15) is 0 Å². The third-order valence-electron chi connectivity index (χ3n) is 1.87. The highest BCUT2D eigenvalue weighted by Crippen LogP contribution is 2.18. The number of carboxylic acid groups (broad SMARTS) is 1. The number of nitrogens with one attached hydrogen (secondary N) is 1. The van der Waals surface area contributed by atoms with Gasteiger partial charge in [0.2, 0.25) is 10.0 Å². The number of aliphatic hydroxyl groups is 1. The van der Waals surface area contributed by atoms with Gasteiger partial charge in [-0.3, -0.25) is 4.79 Å². The zero-order chi connectivity index (χ0) is 12.1. The van der Waals surface area contributed by atoms with E-state index in [0.717, 1.165) is 0 Å². The molecule has 0 bridgehead atoms. The molecule has 0 rings (SSSR count). The topological polar surface area (TPSA) is 104 Å². The summed E-state index contributed by atoms with van der Waals surface area (Å²) in [4.78, 5) is 10.2. The van der Waals surface area contributed by atoms with Crippen molar-refractivity contribution in [2.75, 3.05) is 18.9 Å². The van der Waals surface area contributed by atoms with E-state index in [1.165, 1.54) is 0 Å². The Morgan fingerprint density at radius 1 is 1.40 bits per heavy atom. The van der Waals surface area contributed by atoms with E-state index in [0.29, 0.717) is 6.42 Å². The van der Waals surface area contributed by atoms with Crippen LogP contribution in [0.25, 0.3) is 0 Å². The zero-order valence-electron chi connectivity index (χ0n) is 8.86. The van der Waals surface area contributed by atoms with Gasteiger partial charge in [-0.25, -0.2) is 13.1 Å². The van der Waals surface area contributed by atoms with Crippen LogP contribution in [-0.2, 0) is 14.8 Å². The lowest BCUT2D eigenvalue weighted by molar-refractivity contribution is -0.134. The van der Waals surface area contributed by atoms with Gasteiger partial charge in [0.1, 0.15) is 0 Å². The first-order chi connectivity index (χ1) is 6.68.